The van der Waals surface area contributed by atoms with Crippen LogP contribution in [0.2, 0.25) is 0 Å². The second-order valence-corrected chi connectivity index (χ2v) is 4.47. The number of aromatic nitrogens is 2. The Hall–Kier alpha value is -1.32. The summed E-state index contributed by atoms with van der Waals surface area (Å²) in [4.78, 5) is 8.72. The Morgan fingerprint density at radius 1 is 1.11 bits per heavy atom. The minimum absolute atomic E-state index is 0.504. The van der Waals surface area contributed by atoms with E-state index in [1.807, 2.05) is 0 Å². The molecule has 4 heteroatoms. The van der Waals surface area contributed by atoms with E-state index in [1.54, 1.807) is 6.33 Å². The Kier molecular flexibility index (Phi) is 6.47. The third-order valence-corrected chi connectivity index (χ3v) is 3.11. The van der Waals surface area contributed by atoms with Gasteiger partial charge in [-0.05, 0) is 26.2 Å². The summed E-state index contributed by atoms with van der Waals surface area (Å²) in [5, 5.41) is 6.86. The average Bonchev–Trinajstić information content (AvgIpc) is 2.39. The molecule has 0 bridgehead atoms. The van der Waals surface area contributed by atoms with Crippen LogP contribution in [-0.2, 0) is 6.42 Å². The summed E-state index contributed by atoms with van der Waals surface area (Å²) in [6.07, 6.45) is 6.07. The van der Waals surface area contributed by atoms with Crippen molar-refractivity contribution in [3.8, 4) is 0 Å². The van der Waals surface area contributed by atoms with Crippen LogP contribution in [0.25, 0.3) is 0 Å². The first-order chi connectivity index (χ1) is 8.76. The molecular weight excluding hydrogens is 224 g/mol. The standard InChI is InChI=1S/C14H26N4/c1-5-9-11(6-2)18-14-12(7-3)13(15-8-4)16-10-17-14/h10-11H,5-9H2,1-4H3,(H2,15,16,17,18). The van der Waals surface area contributed by atoms with E-state index in [2.05, 4.69) is 48.3 Å². The fraction of sp³-hybridized carbons (Fsp3) is 0.714. The maximum Gasteiger partial charge on any atom is 0.134 e. The maximum absolute atomic E-state index is 4.40. The summed E-state index contributed by atoms with van der Waals surface area (Å²) < 4.78 is 0. The van der Waals surface area contributed by atoms with Crippen molar-refractivity contribution in [2.24, 2.45) is 0 Å². The van der Waals surface area contributed by atoms with E-state index >= 15 is 0 Å². The minimum Gasteiger partial charge on any atom is -0.370 e. The molecule has 1 heterocycles. The molecule has 2 N–H and O–H groups in total. The highest BCUT2D eigenvalue weighted by Gasteiger charge is 2.12. The van der Waals surface area contributed by atoms with Gasteiger partial charge in [0.1, 0.15) is 18.0 Å². The smallest absolute Gasteiger partial charge is 0.134 e. The molecule has 1 aromatic rings. The summed E-state index contributed by atoms with van der Waals surface area (Å²) in [6.45, 7) is 9.54. The van der Waals surface area contributed by atoms with Gasteiger partial charge in [-0.1, -0.05) is 27.2 Å². The molecule has 1 aromatic heterocycles. The van der Waals surface area contributed by atoms with Gasteiger partial charge >= 0.3 is 0 Å². The predicted octanol–water partition coefficient (Wildman–Crippen LogP) is 3.46. The molecule has 18 heavy (non-hydrogen) atoms. The third kappa shape index (κ3) is 3.86. The van der Waals surface area contributed by atoms with Crippen molar-refractivity contribution in [2.75, 3.05) is 17.2 Å². The van der Waals surface area contributed by atoms with Crippen LogP contribution in [0, 0.1) is 0 Å². The van der Waals surface area contributed by atoms with Crippen LogP contribution in [0.3, 0.4) is 0 Å². The largest absolute Gasteiger partial charge is 0.370 e. The molecule has 4 nitrogen and oxygen atoms in total. The number of hydrogen-bond acceptors (Lipinski definition) is 4. The first-order valence-electron chi connectivity index (χ1n) is 7.10. The van der Waals surface area contributed by atoms with Gasteiger partial charge in [-0.15, -0.1) is 0 Å². The van der Waals surface area contributed by atoms with Gasteiger partial charge in [0.05, 0.1) is 0 Å². The van der Waals surface area contributed by atoms with Crippen molar-refractivity contribution >= 4 is 11.6 Å². The lowest BCUT2D eigenvalue weighted by Crippen LogP contribution is -2.20. The van der Waals surface area contributed by atoms with Gasteiger partial charge in [-0.25, -0.2) is 9.97 Å². The van der Waals surface area contributed by atoms with Crippen LogP contribution in [0.4, 0.5) is 11.6 Å². The Bertz CT molecular complexity index is 352. The van der Waals surface area contributed by atoms with Crippen LogP contribution >= 0.6 is 0 Å². The Morgan fingerprint density at radius 3 is 2.39 bits per heavy atom. The average molecular weight is 250 g/mol. The van der Waals surface area contributed by atoms with E-state index in [-0.39, 0.29) is 0 Å². The fourth-order valence-corrected chi connectivity index (χ4v) is 2.11. The summed E-state index contributed by atoms with van der Waals surface area (Å²) in [6, 6.07) is 0.504. The lowest BCUT2D eigenvalue weighted by atomic mass is 10.1. The molecule has 0 saturated carbocycles. The van der Waals surface area contributed by atoms with E-state index < -0.39 is 0 Å². The van der Waals surface area contributed by atoms with E-state index in [0.717, 1.165) is 31.0 Å². The molecule has 0 saturated heterocycles. The molecule has 0 fully saturated rings. The summed E-state index contributed by atoms with van der Waals surface area (Å²) >= 11 is 0. The molecule has 102 valence electrons. The molecule has 0 aliphatic rings. The number of nitrogens with one attached hydrogen (secondary N) is 2. The lowest BCUT2D eigenvalue weighted by molar-refractivity contribution is 0.619. The molecule has 0 spiro atoms. The van der Waals surface area contributed by atoms with Gasteiger partial charge in [0.15, 0.2) is 0 Å². The highest BCUT2D eigenvalue weighted by atomic mass is 15.1. The van der Waals surface area contributed by atoms with Crippen molar-refractivity contribution in [1.82, 2.24) is 9.97 Å². The van der Waals surface area contributed by atoms with Gasteiger partial charge < -0.3 is 10.6 Å². The van der Waals surface area contributed by atoms with Crippen LogP contribution in [0.15, 0.2) is 6.33 Å². The second-order valence-electron chi connectivity index (χ2n) is 4.47. The topological polar surface area (TPSA) is 49.8 Å². The minimum atomic E-state index is 0.504. The van der Waals surface area contributed by atoms with E-state index in [0.29, 0.717) is 6.04 Å². The summed E-state index contributed by atoms with van der Waals surface area (Å²) in [5.74, 6) is 1.95. The number of anilines is 2. The molecule has 0 aromatic carbocycles. The number of rotatable bonds is 8. The molecule has 1 atom stereocenters. The zero-order valence-electron chi connectivity index (χ0n) is 12.1. The Balaban J connectivity index is 2.89. The molecule has 0 amide bonds. The molecule has 0 radical (unpaired) electrons. The maximum atomic E-state index is 4.40. The second kappa shape index (κ2) is 7.90. The van der Waals surface area contributed by atoms with Gasteiger partial charge in [0, 0.05) is 18.2 Å². The third-order valence-electron chi connectivity index (χ3n) is 3.11. The SMILES string of the molecule is CCCC(CC)Nc1ncnc(NCC)c1CC. The van der Waals surface area contributed by atoms with Crippen molar-refractivity contribution in [2.45, 2.75) is 59.4 Å². The van der Waals surface area contributed by atoms with Crippen molar-refractivity contribution in [3.63, 3.8) is 0 Å². The normalized spacial score (nSPS) is 12.2. The Morgan fingerprint density at radius 2 is 1.83 bits per heavy atom. The molecule has 1 unspecified atom stereocenters. The Labute approximate surface area is 111 Å². The van der Waals surface area contributed by atoms with Crippen LogP contribution < -0.4 is 10.6 Å². The fourth-order valence-electron chi connectivity index (χ4n) is 2.11. The zero-order valence-corrected chi connectivity index (χ0v) is 12.1. The highest BCUT2D eigenvalue weighted by molar-refractivity contribution is 5.57. The monoisotopic (exact) mass is 250 g/mol. The quantitative estimate of drug-likeness (QED) is 0.742. The van der Waals surface area contributed by atoms with Gasteiger partial charge in [-0.3, -0.25) is 0 Å². The lowest BCUT2D eigenvalue weighted by Gasteiger charge is -2.20. The first kappa shape index (κ1) is 14.7. The molecular formula is C14H26N4. The van der Waals surface area contributed by atoms with E-state index in [4.69, 9.17) is 0 Å². The van der Waals surface area contributed by atoms with Crippen molar-refractivity contribution < 1.29 is 0 Å². The summed E-state index contributed by atoms with van der Waals surface area (Å²) in [7, 11) is 0. The zero-order chi connectivity index (χ0) is 13.4. The van der Waals surface area contributed by atoms with Crippen molar-refractivity contribution in [1.29, 1.82) is 0 Å². The van der Waals surface area contributed by atoms with Crippen LogP contribution in [0.5, 0.6) is 0 Å². The molecule has 0 aliphatic carbocycles. The number of hydrogen-bond donors (Lipinski definition) is 2. The molecule has 0 aliphatic heterocycles. The highest BCUT2D eigenvalue weighted by Crippen LogP contribution is 2.22. The first-order valence-corrected chi connectivity index (χ1v) is 7.10. The van der Waals surface area contributed by atoms with E-state index in [1.165, 1.54) is 18.4 Å². The van der Waals surface area contributed by atoms with Crippen molar-refractivity contribution in [3.05, 3.63) is 11.9 Å². The van der Waals surface area contributed by atoms with E-state index in [9.17, 15) is 0 Å². The van der Waals surface area contributed by atoms with Gasteiger partial charge in [-0.2, -0.15) is 0 Å². The van der Waals surface area contributed by atoms with Crippen LogP contribution in [0.1, 0.15) is 52.5 Å². The molecule has 1 rings (SSSR count). The number of nitrogens with zero attached hydrogens (tertiary/aromatic N) is 2. The van der Waals surface area contributed by atoms with Gasteiger partial charge in [0.25, 0.3) is 0 Å². The van der Waals surface area contributed by atoms with Crippen LogP contribution in [-0.4, -0.2) is 22.6 Å². The predicted molar refractivity (Wildman–Crippen MR) is 78.2 cm³/mol. The van der Waals surface area contributed by atoms with Gasteiger partial charge in [0.2, 0.25) is 0 Å². The summed E-state index contributed by atoms with van der Waals surface area (Å²) in [5.41, 5.74) is 1.19.